The van der Waals surface area contributed by atoms with Crippen LogP contribution in [0.3, 0.4) is 0 Å². The average molecular weight is 290 g/mol. The molecule has 116 valence electrons. The van der Waals surface area contributed by atoms with Gasteiger partial charge in [0, 0.05) is 12.5 Å². The first-order chi connectivity index (χ1) is 10.1. The van der Waals surface area contributed by atoms with Gasteiger partial charge in [-0.25, -0.2) is 0 Å². The predicted octanol–water partition coefficient (Wildman–Crippen LogP) is 2.00. The molecule has 3 N–H and O–H groups in total. The molecule has 1 aliphatic rings. The maximum absolute atomic E-state index is 11.9. The fraction of sp³-hybridized carbons (Fsp3) is 0.588. The van der Waals surface area contributed by atoms with Crippen LogP contribution in [-0.4, -0.2) is 30.1 Å². The smallest absolute Gasteiger partial charge is 0.220 e. The summed E-state index contributed by atoms with van der Waals surface area (Å²) in [6.45, 7) is 4.06. The summed E-state index contributed by atoms with van der Waals surface area (Å²) in [5, 5.41) is 16.4. The van der Waals surface area contributed by atoms with E-state index in [2.05, 4.69) is 10.6 Å². The van der Waals surface area contributed by atoms with Gasteiger partial charge in [0.2, 0.25) is 5.91 Å². The molecule has 0 aromatic heterocycles. The lowest BCUT2D eigenvalue weighted by molar-refractivity contribution is -0.122. The van der Waals surface area contributed by atoms with Crippen LogP contribution < -0.4 is 10.6 Å². The Hall–Kier alpha value is -1.39. The Morgan fingerprint density at radius 3 is 2.86 bits per heavy atom. The second kappa shape index (κ2) is 8.15. The van der Waals surface area contributed by atoms with Crippen LogP contribution >= 0.6 is 0 Å². The minimum Gasteiger partial charge on any atom is -0.388 e. The van der Waals surface area contributed by atoms with E-state index in [0.29, 0.717) is 18.8 Å². The number of rotatable bonds is 7. The molecule has 0 saturated carbocycles. The van der Waals surface area contributed by atoms with Gasteiger partial charge < -0.3 is 15.7 Å². The molecule has 0 radical (unpaired) electrons. The van der Waals surface area contributed by atoms with Gasteiger partial charge in [0.25, 0.3) is 0 Å². The molecule has 1 saturated heterocycles. The number of carbonyl (C=O) groups excluding carboxylic acids is 1. The number of aliphatic hydroxyl groups is 1. The summed E-state index contributed by atoms with van der Waals surface area (Å²) in [6.07, 6.45) is 2.72. The number of carbonyl (C=O) groups is 1. The van der Waals surface area contributed by atoms with Gasteiger partial charge in [-0.05, 0) is 50.8 Å². The van der Waals surface area contributed by atoms with Gasteiger partial charge in [0.15, 0.2) is 0 Å². The largest absolute Gasteiger partial charge is 0.388 e. The first-order valence-electron chi connectivity index (χ1n) is 7.88. The molecule has 0 aliphatic carbocycles. The van der Waals surface area contributed by atoms with Gasteiger partial charge in [0.1, 0.15) is 0 Å². The first kappa shape index (κ1) is 16.0. The number of benzene rings is 1. The van der Waals surface area contributed by atoms with Crippen molar-refractivity contribution in [1.29, 1.82) is 0 Å². The van der Waals surface area contributed by atoms with Crippen LogP contribution in [0.1, 0.15) is 44.3 Å². The van der Waals surface area contributed by atoms with Crippen LogP contribution in [0, 0.1) is 5.92 Å². The number of aliphatic hydroxyl groups excluding tert-OH is 1. The summed E-state index contributed by atoms with van der Waals surface area (Å²) >= 11 is 0. The summed E-state index contributed by atoms with van der Waals surface area (Å²) < 4.78 is 0. The normalized spacial score (nSPS) is 21.0. The molecule has 4 heteroatoms. The van der Waals surface area contributed by atoms with Crippen LogP contribution in [0.4, 0.5) is 0 Å². The Kier molecular flexibility index (Phi) is 6.21. The van der Waals surface area contributed by atoms with E-state index in [1.165, 1.54) is 6.42 Å². The molecular weight excluding hydrogens is 264 g/mol. The molecule has 1 aliphatic heterocycles. The van der Waals surface area contributed by atoms with E-state index >= 15 is 0 Å². The Morgan fingerprint density at radius 1 is 1.43 bits per heavy atom. The molecule has 4 nitrogen and oxygen atoms in total. The van der Waals surface area contributed by atoms with Gasteiger partial charge >= 0.3 is 0 Å². The Labute approximate surface area is 126 Å². The molecule has 0 bridgehead atoms. The van der Waals surface area contributed by atoms with E-state index < -0.39 is 6.10 Å². The maximum atomic E-state index is 11.9. The van der Waals surface area contributed by atoms with Crippen molar-refractivity contribution >= 4 is 5.91 Å². The van der Waals surface area contributed by atoms with E-state index in [9.17, 15) is 9.90 Å². The highest BCUT2D eigenvalue weighted by Gasteiger charge is 2.17. The average Bonchev–Trinajstić information content (AvgIpc) is 2.99. The van der Waals surface area contributed by atoms with E-state index in [4.69, 9.17) is 0 Å². The molecular formula is C17H26N2O2. The van der Waals surface area contributed by atoms with Crippen LogP contribution in [-0.2, 0) is 4.79 Å². The van der Waals surface area contributed by atoms with Crippen molar-refractivity contribution in [2.45, 2.75) is 44.8 Å². The fourth-order valence-corrected chi connectivity index (χ4v) is 2.85. The van der Waals surface area contributed by atoms with E-state index in [1.54, 1.807) is 0 Å². The summed E-state index contributed by atoms with van der Waals surface area (Å²) in [5.74, 6) is 0.732. The highest BCUT2D eigenvalue weighted by atomic mass is 16.3. The van der Waals surface area contributed by atoms with Crippen molar-refractivity contribution in [2.75, 3.05) is 13.1 Å². The SMILES string of the molecule is CC(CC(O)c1ccccc1)NC(=O)CCC1CCNC1. The summed E-state index contributed by atoms with van der Waals surface area (Å²) in [4.78, 5) is 11.9. The minimum absolute atomic E-state index is 0.0191. The lowest BCUT2D eigenvalue weighted by atomic mass is 10.0. The molecule has 1 amide bonds. The molecule has 1 aromatic carbocycles. The van der Waals surface area contributed by atoms with Crippen LogP contribution in [0.25, 0.3) is 0 Å². The Bertz CT molecular complexity index is 430. The molecule has 1 heterocycles. The summed E-state index contributed by atoms with van der Waals surface area (Å²) in [7, 11) is 0. The highest BCUT2D eigenvalue weighted by molar-refractivity contribution is 5.76. The van der Waals surface area contributed by atoms with Gasteiger partial charge in [-0.1, -0.05) is 30.3 Å². The van der Waals surface area contributed by atoms with Gasteiger partial charge in [-0.2, -0.15) is 0 Å². The number of hydrogen-bond acceptors (Lipinski definition) is 3. The summed E-state index contributed by atoms with van der Waals surface area (Å²) in [6, 6.07) is 9.56. The monoisotopic (exact) mass is 290 g/mol. The third-order valence-corrected chi connectivity index (χ3v) is 4.11. The van der Waals surface area contributed by atoms with Crippen molar-refractivity contribution < 1.29 is 9.90 Å². The second-order valence-electron chi connectivity index (χ2n) is 6.03. The summed E-state index contributed by atoms with van der Waals surface area (Å²) in [5.41, 5.74) is 0.899. The fourth-order valence-electron chi connectivity index (χ4n) is 2.85. The molecule has 0 spiro atoms. The lowest BCUT2D eigenvalue weighted by Crippen LogP contribution is -2.34. The van der Waals surface area contributed by atoms with Crippen LogP contribution in [0.15, 0.2) is 30.3 Å². The molecule has 3 unspecified atom stereocenters. The Morgan fingerprint density at radius 2 is 2.19 bits per heavy atom. The molecule has 1 fully saturated rings. The van der Waals surface area contributed by atoms with E-state index in [0.717, 1.165) is 25.1 Å². The van der Waals surface area contributed by atoms with Crippen molar-refractivity contribution in [3.63, 3.8) is 0 Å². The van der Waals surface area contributed by atoms with Crippen LogP contribution in [0.2, 0.25) is 0 Å². The minimum atomic E-state index is -0.527. The van der Waals surface area contributed by atoms with E-state index in [1.807, 2.05) is 37.3 Å². The number of nitrogens with one attached hydrogen (secondary N) is 2. The third-order valence-electron chi connectivity index (χ3n) is 4.11. The van der Waals surface area contributed by atoms with Crippen molar-refractivity contribution in [3.05, 3.63) is 35.9 Å². The van der Waals surface area contributed by atoms with Gasteiger partial charge in [-0.3, -0.25) is 4.79 Å². The quantitative estimate of drug-likeness (QED) is 0.720. The molecule has 3 atom stereocenters. The maximum Gasteiger partial charge on any atom is 0.220 e. The zero-order valence-corrected chi connectivity index (χ0v) is 12.7. The van der Waals surface area contributed by atoms with Gasteiger partial charge in [0.05, 0.1) is 6.10 Å². The van der Waals surface area contributed by atoms with Crippen molar-refractivity contribution in [3.8, 4) is 0 Å². The topological polar surface area (TPSA) is 61.4 Å². The number of amides is 1. The second-order valence-corrected chi connectivity index (χ2v) is 6.03. The zero-order valence-electron chi connectivity index (χ0n) is 12.7. The van der Waals surface area contributed by atoms with E-state index in [-0.39, 0.29) is 11.9 Å². The van der Waals surface area contributed by atoms with Crippen molar-refractivity contribution in [1.82, 2.24) is 10.6 Å². The lowest BCUT2D eigenvalue weighted by Gasteiger charge is -2.18. The highest BCUT2D eigenvalue weighted by Crippen LogP contribution is 2.18. The van der Waals surface area contributed by atoms with Crippen molar-refractivity contribution in [2.24, 2.45) is 5.92 Å². The molecule has 21 heavy (non-hydrogen) atoms. The first-order valence-corrected chi connectivity index (χ1v) is 7.88. The zero-order chi connectivity index (χ0) is 15.1. The third kappa shape index (κ3) is 5.48. The van der Waals surface area contributed by atoms with Crippen LogP contribution in [0.5, 0.6) is 0 Å². The Balaban J connectivity index is 1.68. The predicted molar refractivity (Wildman–Crippen MR) is 83.8 cm³/mol. The standard InChI is InChI=1S/C17H26N2O2/c1-13(11-16(20)15-5-3-2-4-6-15)19-17(21)8-7-14-9-10-18-12-14/h2-6,13-14,16,18,20H,7-12H2,1H3,(H,19,21). The van der Waals surface area contributed by atoms with Gasteiger partial charge in [-0.15, -0.1) is 0 Å². The molecule has 1 aromatic rings. The molecule has 2 rings (SSSR count). The number of hydrogen-bond donors (Lipinski definition) is 3.